The zero-order valence-electron chi connectivity index (χ0n) is 19.1. The number of rotatable bonds is 10. The van der Waals surface area contributed by atoms with E-state index < -0.39 is 34.3 Å². The molecule has 0 saturated heterocycles. The zero-order chi connectivity index (χ0) is 24.8. The predicted molar refractivity (Wildman–Crippen MR) is 131 cm³/mol. The van der Waals surface area contributed by atoms with E-state index in [-0.39, 0.29) is 24.1 Å². The quantitative estimate of drug-likeness (QED) is 0.498. The number of carbonyl (C=O) groups excluding carboxylic acids is 2. The second kappa shape index (κ2) is 11.6. The van der Waals surface area contributed by atoms with Gasteiger partial charge in [-0.05, 0) is 42.7 Å². The number of halogens is 2. The first-order valence-corrected chi connectivity index (χ1v) is 13.1. The van der Waals surface area contributed by atoms with Crippen LogP contribution in [0.2, 0.25) is 0 Å². The molecule has 2 amide bonds. The molecule has 7 nitrogen and oxygen atoms in total. The van der Waals surface area contributed by atoms with Gasteiger partial charge in [0.2, 0.25) is 21.8 Å². The van der Waals surface area contributed by atoms with Crippen molar-refractivity contribution in [1.82, 2.24) is 10.2 Å². The Morgan fingerprint density at radius 2 is 1.67 bits per heavy atom. The van der Waals surface area contributed by atoms with Crippen LogP contribution < -0.4 is 9.62 Å². The van der Waals surface area contributed by atoms with Gasteiger partial charge in [0.25, 0.3) is 0 Å². The Balaban J connectivity index is 2.36. The maximum atomic E-state index is 14.4. The summed E-state index contributed by atoms with van der Waals surface area (Å²) in [7, 11) is -3.98. The lowest BCUT2D eigenvalue weighted by molar-refractivity contribution is -0.139. The fraction of sp³-hybridized carbons (Fsp3) is 0.391. The van der Waals surface area contributed by atoms with E-state index >= 15 is 0 Å². The van der Waals surface area contributed by atoms with Gasteiger partial charge in [-0.3, -0.25) is 13.9 Å². The van der Waals surface area contributed by atoms with E-state index in [9.17, 15) is 22.4 Å². The molecule has 1 N–H and O–H groups in total. The van der Waals surface area contributed by atoms with Crippen molar-refractivity contribution in [2.24, 2.45) is 5.92 Å². The topological polar surface area (TPSA) is 86.8 Å². The molecule has 1 atom stereocenters. The van der Waals surface area contributed by atoms with Crippen molar-refractivity contribution in [2.75, 3.05) is 23.7 Å². The summed E-state index contributed by atoms with van der Waals surface area (Å²) in [5.41, 5.74) is 0.528. The number of hydrogen-bond donors (Lipinski definition) is 1. The van der Waals surface area contributed by atoms with Gasteiger partial charge in [0.1, 0.15) is 18.4 Å². The number of nitrogens with one attached hydrogen (secondary N) is 1. The van der Waals surface area contributed by atoms with E-state index in [1.54, 1.807) is 19.1 Å². The Bertz CT molecular complexity index is 1080. The number of carbonyl (C=O) groups is 2. The highest BCUT2D eigenvalue weighted by molar-refractivity contribution is 9.10. The van der Waals surface area contributed by atoms with Crippen LogP contribution in [0.3, 0.4) is 0 Å². The Hall–Kier alpha value is -2.46. The lowest BCUT2D eigenvalue weighted by Crippen LogP contribution is -2.51. The summed E-state index contributed by atoms with van der Waals surface area (Å²) in [4.78, 5) is 27.4. The third-order valence-corrected chi connectivity index (χ3v) is 6.57. The number of hydrogen-bond acceptors (Lipinski definition) is 4. The van der Waals surface area contributed by atoms with E-state index in [0.29, 0.717) is 6.54 Å². The molecule has 2 rings (SSSR count). The summed E-state index contributed by atoms with van der Waals surface area (Å²) in [5, 5.41) is 2.80. The largest absolute Gasteiger partial charge is 0.354 e. The maximum absolute atomic E-state index is 14.4. The maximum Gasteiger partial charge on any atom is 0.244 e. The van der Waals surface area contributed by atoms with Crippen molar-refractivity contribution in [3.63, 3.8) is 0 Å². The van der Waals surface area contributed by atoms with E-state index in [2.05, 4.69) is 21.2 Å². The Kier molecular flexibility index (Phi) is 9.42. The third kappa shape index (κ3) is 7.82. The van der Waals surface area contributed by atoms with E-state index in [4.69, 9.17) is 0 Å². The number of anilines is 1. The fourth-order valence-electron chi connectivity index (χ4n) is 3.07. The fourth-order valence-corrected chi connectivity index (χ4v) is 4.18. The normalized spacial score (nSPS) is 12.3. The highest BCUT2D eigenvalue weighted by Gasteiger charge is 2.30. The van der Waals surface area contributed by atoms with Crippen LogP contribution in [0.4, 0.5) is 10.1 Å². The summed E-state index contributed by atoms with van der Waals surface area (Å²) in [5.74, 6) is -1.53. The molecular weight excluding hydrogens is 513 g/mol. The Labute approximate surface area is 203 Å². The van der Waals surface area contributed by atoms with Crippen molar-refractivity contribution in [1.29, 1.82) is 0 Å². The Morgan fingerprint density at radius 1 is 1.06 bits per heavy atom. The smallest absolute Gasteiger partial charge is 0.244 e. The molecule has 0 aliphatic heterocycles. The van der Waals surface area contributed by atoms with Crippen molar-refractivity contribution >= 4 is 43.5 Å². The molecule has 0 spiro atoms. The number of benzene rings is 2. The molecule has 0 fully saturated rings. The SMILES string of the molecule is CC(C)CNC(=O)C(C)N(Cc1ccc(Br)cc1)C(=O)CN(c1ccccc1F)S(C)(=O)=O. The molecule has 0 aliphatic carbocycles. The first kappa shape index (κ1) is 26.8. The number of amides is 2. The lowest BCUT2D eigenvalue weighted by Gasteiger charge is -2.31. The molecule has 0 radical (unpaired) electrons. The minimum Gasteiger partial charge on any atom is -0.354 e. The van der Waals surface area contributed by atoms with Gasteiger partial charge in [-0.15, -0.1) is 0 Å². The summed E-state index contributed by atoms with van der Waals surface area (Å²) >= 11 is 3.36. The minimum absolute atomic E-state index is 0.0806. The van der Waals surface area contributed by atoms with Gasteiger partial charge < -0.3 is 10.2 Å². The first-order valence-electron chi connectivity index (χ1n) is 10.4. The van der Waals surface area contributed by atoms with Crippen LogP contribution >= 0.6 is 15.9 Å². The van der Waals surface area contributed by atoms with Crippen molar-refractivity contribution < 1.29 is 22.4 Å². The molecule has 0 bridgehead atoms. The molecule has 0 aliphatic rings. The molecule has 33 heavy (non-hydrogen) atoms. The second-order valence-corrected chi connectivity index (χ2v) is 11.0. The summed E-state index contributed by atoms with van der Waals surface area (Å²) in [6.07, 6.45) is 0.907. The number of nitrogens with zero attached hydrogens (tertiary/aromatic N) is 2. The van der Waals surface area contributed by atoms with Crippen LogP contribution in [-0.2, 0) is 26.2 Å². The molecule has 0 heterocycles. The highest BCUT2D eigenvalue weighted by atomic mass is 79.9. The van der Waals surface area contributed by atoms with Crippen LogP contribution in [0, 0.1) is 11.7 Å². The van der Waals surface area contributed by atoms with Gasteiger partial charge in [-0.2, -0.15) is 0 Å². The third-order valence-electron chi connectivity index (χ3n) is 4.92. The van der Waals surface area contributed by atoms with Gasteiger partial charge in [0.05, 0.1) is 11.9 Å². The van der Waals surface area contributed by atoms with E-state index in [1.807, 2.05) is 26.0 Å². The van der Waals surface area contributed by atoms with Crippen molar-refractivity contribution in [3.8, 4) is 0 Å². The molecule has 1 unspecified atom stereocenters. The Morgan fingerprint density at radius 3 is 2.21 bits per heavy atom. The highest BCUT2D eigenvalue weighted by Crippen LogP contribution is 2.22. The monoisotopic (exact) mass is 541 g/mol. The minimum atomic E-state index is -3.98. The summed E-state index contributed by atoms with van der Waals surface area (Å²) in [6, 6.07) is 11.7. The van der Waals surface area contributed by atoms with Crippen LogP contribution in [0.15, 0.2) is 53.0 Å². The average molecular weight is 542 g/mol. The van der Waals surface area contributed by atoms with Gasteiger partial charge in [0, 0.05) is 17.6 Å². The standard InChI is InChI=1S/C23H29BrFN3O4S/c1-16(2)13-26-23(30)17(3)27(14-18-9-11-19(24)12-10-18)22(29)15-28(33(4,31)32)21-8-6-5-7-20(21)25/h5-12,16-17H,13-15H2,1-4H3,(H,26,30). The van der Waals surface area contributed by atoms with Gasteiger partial charge >= 0.3 is 0 Å². The zero-order valence-corrected chi connectivity index (χ0v) is 21.5. The lowest BCUT2D eigenvalue weighted by atomic mass is 10.1. The van der Waals surface area contributed by atoms with Crippen molar-refractivity contribution in [2.45, 2.75) is 33.4 Å². The van der Waals surface area contributed by atoms with Crippen LogP contribution in [-0.4, -0.2) is 50.5 Å². The summed E-state index contributed by atoms with van der Waals surface area (Å²) in [6.45, 7) is 5.37. The second-order valence-electron chi connectivity index (χ2n) is 8.18. The molecule has 180 valence electrons. The first-order chi connectivity index (χ1) is 15.4. The number of sulfonamides is 1. The van der Waals surface area contributed by atoms with Crippen LogP contribution in [0.5, 0.6) is 0 Å². The predicted octanol–water partition coefficient (Wildman–Crippen LogP) is 3.54. The molecule has 10 heteroatoms. The van der Waals surface area contributed by atoms with Crippen molar-refractivity contribution in [3.05, 3.63) is 64.4 Å². The van der Waals surface area contributed by atoms with E-state index in [0.717, 1.165) is 26.7 Å². The number of para-hydroxylation sites is 1. The van der Waals surface area contributed by atoms with Crippen LogP contribution in [0.25, 0.3) is 0 Å². The average Bonchev–Trinajstić information content (AvgIpc) is 2.74. The van der Waals surface area contributed by atoms with Gasteiger partial charge in [0.15, 0.2) is 0 Å². The molecule has 0 aromatic heterocycles. The molecule has 2 aromatic carbocycles. The molecule has 0 saturated carbocycles. The van der Waals surface area contributed by atoms with E-state index in [1.165, 1.54) is 23.1 Å². The summed E-state index contributed by atoms with van der Waals surface area (Å²) < 4.78 is 40.8. The molecule has 2 aromatic rings. The van der Waals surface area contributed by atoms with Gasteiger partial charge in [-0.25, -0.2) is 12.8 Å². The molecular formula is C23H29BrFN3O4S. The van der Waals surface area contributed by atoms with Gasteiger partial charge in [-0.1, -0.05) is 54.0 Å². The van der Waals surface area contributed by atoms with Crippen LogP contribution in [0.1, 0.15) is 26.3 Å².